The van der Waals surface area contributed by atoms with Crippen LogP contribution in [0.5, 0.6) is 0 Å². The van der Waals surface area contributed by atoms with E-state index < -0.39 is 0 Å². The van der Waals surface area contributed by atoms with Gasteiger partial charge in [-0.2, -0.15) is 4.98 Å². The Hall–Kier alpha value is -2.18. The molecule has 6 heteroatoms. The number of nitrogens with two attached hydrogens (primary N) is 1. The van der Waals surface area contributed by atoms with Gasteiger partial charge in [0, 0.05) is 37.8 Å². The number of hydrogen-bond donors (Lipinski definition) is 3. The Morgan fingerprint density at radius 2 is 2.08 bits per heavy atom. The van der Waals surface area contributed by atoms with Gasteiger partial charge in [0.25, 0.3) is 0 Å². The van der Waals surface area contributed by atoms with Crippen molar-refractivity contribution in [3.8, 4) is 0 Å². The molecule has 1 aliphatic carbocycles. The molecule has 0 spiro atoms. The van der Waals surface area contributed by atoms with Crippen molar-refractivity contribution in [2.75, 3.05) is 30.8 Å². The van der Waals surface area contributed by atoms with E-state index in [2.05, 4.69) is 55.8 Å². The van der Waals surface area contributed by atoms with Gasteiger partial charge in [-0.15, -0.1) is 0 Å². The number of anilines is 2. The molecule has 24 heavy (non-hydrogen) atoms. The van der Waals surface area contributed by atoms with Gasteiger partial charge in [0.15, 0.2) is 0 Å². The summed E-state index contributed by atoms with van der Waals surface area (Å²) in [6.07, 6.45) is 2.28. The maximum atomic E-state index is 5.91. The maximum Gasteiger partial charge on any atom is 0.222 e. The lowest BCUT2D eigenvalue weighted by molar-refractivity contribution is 0.446. The highest BCUT2D eigenvalue weighted by Crippen LogP contribution is 2.31. The van der Waals surface area contributed by atoms with E-state index in [9.17, 15) is 0 Å². The fourth-order valence-electron chi connectivity index (χ4n) is 3.60. The first kappa shape index (κ1) is 15.4. The molecule has 0 amide bonds. The molecule has 0 unspecified atom stereocenters. The molecule has 126 valence electrons. The van der Waals surface area contributed by atoms with Crippen LogP contribution in [0.4, 0.5) is 11.8 Å². The highest BCUT2D eigenvalue weighted by atomic mass is 15.3. The van der Waals surface area contributed by atoms with Crippen molar-refractivity contribution in [3.63, 3.8) is 0 Å². The zero-order chi connectivity index (χ0) is 16.5. The minimum Gasteiger partial charge on any atom is -0.368 e. The second-order valence-electron chi connectivity index (χ2n) is 6.64. The summed E-state index contributed by atoms with van der Waals surface area (Å²) in [4.78, 5) is 11.0. The number of nitrogen functional groups attached to an aromatic ring is 1. The number of rotatable bonds is 5. The van der Waals surface area contributed by atoms with Crippen molar-refractivity contribution < 1.29 is 0 Å². The number of fused-ring (bicyclic) bond motifs is 1. The van der Waals surface area contributed by atoms with Gasteiger partial charge in [-0.25, -0.2) is 4.98 Å². The van der Waals surface area contributed by atoms with Crippen LogP contribution in [0, 0.1) is 0 Å². The van der Waals surface area contributed by atoms with Crippen LogP contribution in [-0.2, 0) is 13.0 Å². The van der Waals surface area contributed by atoms with Crippen molar-refractivity contribution in [1.82, 2.24) is 20.6 Å². The molecule has 2 aliphatic rings. The Kier molecular flexibility index (Phi) is 4.08. The normalized spacial score (nSPS) is 20.0. The third-order valence-electron chi connectivity index (χ3n) is 5.06. The van der Waals surface area contributed by atoms with Gasteiger partial charge in [0.2, 0.25) is 5.95 Å². The quantitative estimate of drug-likeness (QED) is 0.768. The summed E-state index contributed by atoms with van der Waals surface area (Å²) in [5.74, 6) is 1.28. The van der Waals surface area contributed by atoms with E-state index in [0.717, 1.165) is 37.4 Å². The van der Waals surface area contributed by atoms with Gasteiger partial charge in [-0.1, -0.05) is 24.3 Å². The van der Waals surface area contributed by atoms with E-state index >= 15 is 0 Å². The number of aryl methyl sites for hydroxylation is 1. The van der Waals surface area contributed by atoms with Gasteiger partial charge < -0.3 is 21.3 Å². The van der Waals surface area contributed by atoms with Crippen LogP contribution in [0.25, 0.3) is 0 Å². The number of hydrogen-bond acceptors (Lipinski definition) is 6. The second-order valence-corrected chi connectivity index (χ2v) is 6.64. The van der Waals surface area contributed by atoms with Crippen LogP contribution in [0.1, 0.15) is 29.3 Å². The molecule has 1 atom stereocenters. The summed E-state index contributed by atoms with van der Waals surface area (Å²) in [5.41, 5.74) is 9.74. The molecule has 1 aromatic heterocycles. The Morgan fingerprint density at radius 3 is 2.92 bits per heavy atom. The summed E-state index contributed by atoms with van der Waals surface area (Å²) in [6.45, 7) is 2.65. The Labute approximate surface area is 142 Å². The molecule has 1 saturated heterocycles. The molecule has 0 saturated carbocycles. The Bertz CT molecular complexity index is 725. The lowest BCUT2D eigenvalue weighted by Gasteiger charge is -2.40. The zero-order valence-corrected chi connectivity index (χ0v) is 14.0. The number of nitrogens with zero attached hydrogens (tertiary/aromatic N) is 3. The van der Waals surface area contributed by atoms with Crippen molar-refractivity contribution >= 4 is 11.8 Å². The number of benzene rings is 1. The maximum absolute atomic E-state index is 5.91. The predicted octanol–water partition coefficient (Wildman–Crippen LogP) is 1.24. The monoisotopic (exact) mass is 324 g/mol. The Balaban J connectivity index is 1.43. The van der Waals surface area contributed by atoms with Crippen molar-refractivity contribution in [3.05, 3.63) is 47.2 Å². The first-order valence-corrected chi connectivity index (χ1v) is 8.60. The molecule has 0 radical (unpaired) electrons. The minimum atomic E-state index is 0.351. The first-order valence-electron chi connectivity index (χ1n) is 8.60. The number of likely N-dealkylation sites (N-methyl/N-ethyl adjacent to an activating group) is 1. The van der Waals surface area contributed by atoms with Crippen molar-refractivity contribution in [2.24, 2.45) is 0 Å². The second kappa shape index (κ2) is 6.37. The average molecular weight is 324 g/mol. The van der Waals surface area contributed by atoms with E-state index in [0.29, 0.717) is 24.6 Å². The largest absolute Gasteiger partial charge is 0.368 e. The van der Waals surface area contributed by atoms with E-state index in [-0.39, 0.29) is 0 Å². The van der Waals surface area contributed by atoms with Crippen LogP contribution in [-0.4, -0.2) is 36.1 Å². The Morgan fingerprint density at radius 1 is 1.25 bits per heavy atom. The third kappa shape index (κ3) is 2.95. The lowest BCUT2D eigenvalue weighted by Crippen LogP contribution is -2.57. The molecule has 1 aromatic carbocycles. The molecule has 1 fully saturated rings. The summed E-state index contributed by atoms with van der Waals surface area (Å²) in [7, 11) is 1.99. The topological polar surface area (TPSA) is 79.1 Å². The zero-order valence-electron chi connectivity index (χ0n) is 14.0. The number of aromatic nitrogens is 2. The summed E-state index contributed by atoms with van der Waals surface area (Å²) < 4.78 is 0. The molecule has 1 aliphatic heterocycles. The first-order chi connectivity index (χ1) is 11.7. The van der Waals surface area contributed by atoms with Crippen LogP contribution in [0.15, 0.2) is 30.3 Å². The van der Waals surface area contributed by atoms with Crippen LogP contribution < -0.4 is 21.3 Å². The van der Waals surface area contributed by atoms with E-state index in [4.69, 9.17) is 5.73 Å². The van der Waals surface area contributed by atoms with Gasteiger partial charge in [0.1, 0.15) is 5.82 Å². The highest BCUT2D eigenvalue weighted by Gasteiger charge is 2.27. The summed E-state index contributed by atoms with van der Waals surface area (Å²) >= 11 is 0. The molecule has 6 nitrogen and oxygen atoms in total. The van der Waals surface area contributed by atoms with Crippen molar-refractivity contribution in [1.29, 1.82) is 0 Å². The van der Waals surface area contributed by atoms with E-state index in [1.807, 2.05) is 7.05 Å². The van der Waals surface area contributed by atoms with Crippen molar-refractivity contribution in [2.45, 2.75) is 31.5 Å². The average Bonchev–Trinajstić information content (AvgIpc) is 2.95. The van der Waals surface area contributed by atoms with Gasteiger partial charge in [0.05, 0.1) is 5.69 Å². The smallest absolute Gasteiger partial charge is 0.222 e. The predicted molar refractivity (Wildman–Crippen MR) is 95.8 cm³/mol. The van der Waals surface area contributed by atoms with E-state index in [1.165, 1.54) is 11.1 Å². The number of nitrogens with one attached hydrogen (secondary N) is 2. The fourth-order valence-corrected chi connectivity index (χ4v) is 3.60. The molecule has 0 bridgehead atoms. The molecule has 4 rings (SSSR count). The SMILES string of the molecule is CNC1CN(c2cc(CN[C@H]3CCc4ccccc43)nc(N)n2)C1. The molecular formula is C18H24N6. The molecule has 4 N–H and O–H groups in total. The fraction of sp³-hybridized carbons (Fsp3) is 0.444. The van der Waals surface area contributed by atoms with Crippen LogP contribution >= 0.6 is 0 Å². The van der Waals surface area contributed by atoms with Crippen LogP contribution in [0.3, 0.4) is 0 Å². The van der Waals surface area contributed by atoms with E-state index in [1.54, 1.807) is 0 Å². The molecule has 2 aromatic rings. The minimum absolute atomic E-state index is 0.351. The highest BCUT2D eigenvalue weighted by molar-refractivity contribution is 5.46. The molecule has 2 heterocycles. The third-order valence-corrected chi connectivity index (χ3v) is 5.06. The van der Waals surface area contributed by atoms with Gasteiger partial charge in [-0.05, 0) is 31.0 Å². The molecular weight excluding hydrogens is 300 g/mol. The lowest BCUT2D eigenvalue weighted by atomic mass is 10.1. The van der Waals surface area contributed by atoms with Gasteiger partial charge >= 0.3 is 0 Å². The summed E-state index contributed by atoms with van der Waals surface area (Å²) in [5, 5.41) is 6.90. The van der Waals surface area contributed by atoms with Gasteiger partial charge in [-0.3, -0.25) is 0 Å². The van der Waals surface area contributed by atoms with Crippen LogP contribution in [0.2, 0.25) is 0 Å². The summed E-state index contributed by atoms with van der Waals surface area (Å²) in [6, 6.07) is 11.7. The standard InChI is InChI=1S/C18H24N6/c1-20-14-10-24(11-14)17-8-13(22-18(19)23-17)9-21-16-7-6-12-4-2-3-5-15(12)16/h2-5,8,14,16,20-21H,6-7,9-11H2,1H3,(H2,19,22,23)/t16-/m0/s1.